The summed E-state index contributed by atoms with van der Waals surface area (Å²) < 4.78 is 56.7. The molecule has 406 valence electrons. The maximum atomic E-state index is 12.8. The molecule has 0 spiro atoms. The Morgan fingerprint density at radius 1 is 0.789 bits per heavy atom. The monoisotopic (exact) mass is 1050 g/mol. The number of esters is 2. The van der Waals surface area contributed by atoms with Gasteiger partial charge in [-0.05, 0) is 56.9 Å². The Morgan fingerprint density at radius 3 is 2.07 bits per heavy atom. The maximum Gasteiger partial charge on any atom is 0.481 e. The number of nitrogen functional groups attached to an aromatic ring is 1. The lowest BCUT2D eigenvalue weighted by Gasteiger charge is -2.21. The number of aromatic nitrogens is 2. The van der Waals surface area contributed by atoms with Crippen LogP contribution < -0.4 is 11.4 Å². The van der Waals surface area contributed by atoms with E-state index < -0.39 is 89.8 Å². The van der Waals surface area contributed by atoms with Crippen molar-refractivity contribution in [3.05, 3.63) is 71.4 Å². The summed E-state index contributed by atoms with van der Waals surface area (Å²) in [7, 11) is -10.9. The van der Waals surface area contributed by atoms with Crippen LogP contribution in [0.15, 0.2) is 65.7 Å². The Hall–Kier alpha value is -3.32. The minimum atomic E-state index is -5.45. The Bertz CT molecular complexity index is 1910. The van der Waals surface area contributed by atoms with Gasteiger partial charge in [0.25, 0.3) is 0 Å². The molecule has 1 aromatic heterocycles. The van der Waals surface area contributed by atoms with Crippen molar-refractivity contribution >= 4 is 33.4 Å². The number of phosphoric ester groups is 2. The Kier molecular flexibility index (Phi) is 33.6. The summed E-state index contributed by atoms with van der Waals surface area (Å²) in [5.41, 5.74) is 4.58. The van der Waals surface area contributed by atoms with Crippen LogP contribution in [0, 0.1) is 5.92 Å². The van der Waals surface area contributed by atoms with E-state index in [2.05, 4.69) is 36.1 Å². The van der Waals surface area contributed by atoms with Crippen molar-refractivity contribution in [3.8, 4) is 0 Å². The Morgan fingerprint density at radius 2 is 1.41 bits per heavy atom. The van der Waals surface area contributed by atoms with Gasteiger partial charge in [0.05, 0.1) is 19.3 Å². The van der Waals surface area contributed by atoms with E-state index in [9.17, 15) is 48.6 Å². The number of carbonyl (C=O) groups is 2. The van der Waals surface area contributed by atoms with Crippen molar-refractivity contribution in [2.45, 2.75) is 205 Å². The standard InChI is InChI=1S/C50H85N3O16P2/c1-4-5-6-7-21-26-31-41(54)32-27-22-17-14-15-19-24-29-34-46(56)67-42(37-64-45(55)33-28-23-18-13-11-9-8-10-12-16-20-25-30-40(2)3)38-65-70(60,61)69-71(62,63)66-39-43-47(57)48(58)49(68-43)53-36-35-44(51)52-50(53)59/h15,17,19,21-22,26-27,32,35-36,40-43,47-49,54,57-58H,4-14,16,18,20,23-25,28-31,33-34,37-39H2,1-3H3,(H,60,61)(H,62,63)(H2,51,52,59)/b19-15-,22-17-,26-21-,32-27+/t41-,42+,43+,47+,48+,49+/m0/s1. The van der Waals surface area contributed by atoms with E-state index in [1.807, 2.05) is 30.4 Å². The van der Waals surface area contributed by atoms with E-state index >= 15 is 0 Å². The first-order valence-corrected chi connectivity index (χ1v) is 28.6. The van der Waals surface area contributed by atoms with Crippen molar-refractivity contribution in [1.29, 1.82) is 0 Å². The van der Waals surface area contributed by atoms with Gasteiger partial charge in [0.2, 0.25) is 0 Å². The molecule has 1 aliphatic heterocycles. The fourth-order valence-electron chi connectivity index (χ4n) is 7.40. The molecular formula is C50H85N3O16P2. The molecule has 71 heavy (non-hydrogen) atoms. The summed E-state index contributed by atoms with van der Waals surface area (Å²) in [6.07, 6.45) is 29.5. The SMILES string of the molecule is CCCCC/C=C\C[C@H](O)/C=C/C=C\C/C=C\CCCC(=O)O[C@H](COC(=O)CCCCCCCCCCCCCCC(C)C)COP(=O)(O)OP(=O)(O)OC[C@H]1O[C@@H](n2ccc(N)nc2=O)[C@H](O)[C@@H]1O. The summed E-state index contributed by atoms with van der Waals surface area (Å²) in [6, 6.07) is 1.24. The second-order valence-electron chi connectivity index (χ2n) is 18.4. The van der Waals surface area contributed by atoms with Crippen molar-refractivity contribution in [1.82, 2.24) is 9.55 Å². The number of carbonyl (C=O) groups excluding carboxylic acids is 2. The van der Waals surface area contributed by atoms with Crippen molar-refractivity contribution in [3.63, 3.8) is 0 Å². The third kappa shape index (κ3) is 31.1. The average molecular weight is 1050 g/mol. The van der Waals surface area contributed by atoms with Gasteiger partial charge in [-0.3, -0.25) is 23.2 Å². The van der Waals surface area contributed by atoms with Crippen LogP contribution in [0.25, 0.3) is 0 Å². The number of rotatable bonds is 41. The van der Waals surface area contributed by atoms with Crippen molar-refractivity contribution in [2.75, 3.05) is 25.6 Å². The molecular weight excluding hydrogens is 961 g/mol. The molecule has 0 aromatic carbocycles. The van der Waals surface area contributed by atoms with Crippen LogP contribution in [-0.2, 0) is 46.3 Å². The summed E-state index contributed by atoms with van der Waals surface area (Å²) in [5.74, 6) is -0.634. The van der Waals surface area contributed by atoms with Gasteiger partial charge in [0.15, 0.2) is 12.3 Å². The predicted molar refractivity (Wildman–Crippen MR) is 272 cm³/mol. The lowest BCUT2D eigenvalue weighted by Crippen LogP contribution is -2.36. The molecule has 1 aliphatic rings. The van der Waals surface area contributed by atoms with Gasteiger partial charge in [-0.25, -0.2) is 13.9 Å². The van der Waals surface area contributed by atoms with Crippen LogP contribution in [-0.4, -0.2) is 96.9 Å². The van der Waals surface area contributed by atoms with E-state index in [0.717, 1.165) is 55.2 Å². The third-order valence-corrected chi connectivity index (χ3v) is 14.0. The zero-order valence-electron chi connectivity index (χ0n) is 42.3. The van der Waals surface area contributed by atoms with Gasteiger partial charge in [-0.2, -0.15) is 9.29 Å². The topological polar surface area (TPSA) is 286 Å². The van der Waals surface area contributed by atoms with Crippen molar-refractivity contribution in [2.24, 2.45) is 5.92 Å². The van der Waals surface area contributed by atoms with E-state index in [4.69, 9.17) is 29.0 Å². The van der Waals surface area contributed by atoms with Gasteiger partial charge in [0.1, 0.15) is 30.7 Å². The first kappa shape index (κ1) is 63.8. The highest BCUT2D eigenvalue weighted by Gasteiger charge is 2.46. The summed E-state index contributed by atoms with van der Waals surface area (Å²) >= 11 is 0. The number of phosphoric acid groups is 2. The fraction of sp³-hybridized carbons (Fsp3) is 0.720. The third-order valence-electron chi connectivity index (χ3n) is 11.4. The molecule has 0 saturated carbocycles. The largest absolute Gasteiger partial charge is 0.481 e. The number of aliphatic hydroxyl groups excluding tert-OH is 3. The zero-order valence-corrected chi connectivity index (χ0v) is 44.1. The molecule has 0 radical (unpaired) electrons. The molecule has 21 heteroatoms. The van der Waals surface area contributed by atoms with Crippen LogP contribution in [0.3, 0.4) is 0 Å². The zero-order chi connectivity index (χ0) is 52.3. The van der Waals surface area contributed by atoms with E-state index in [1.165, 1.54) is 70.3 Å². The van der Waals surface area contributed by atoms with Crippen LogP contribution in [0.1, 0.15) is 175 Å². The normalized spacial score (nSPS) is 20.1. The van der Waals surface area contributed by atoms with E-state index in [1.54, 1.807) is 12.2 Å². The first-order chi connectivity index (χ1) is 33.9. The second-order valence-corrected chi connectivity index (χ2v) is 21.4. The molecule has 0 bridgehead atoms. The molecule has 1 fully saturated rings. The smallest absolute Gasteiger partial charge is 0.462 e. The molecule has 2 heterocycles. The number of ether oxygens (including phenoxy) is 3. The molecule has 1 aromatic rings. The summed E-state index contributed by atoms with van der Waals surface area (Å²) in [4.78, 5) is 61.9. The molecule has 2 rings (SSSR count). The van der Waals surface area contributed by atoms with Gasteiger partial charge in [-0.15, -0.1) is 0 Å². The number of hydrogen-bond acceptors (Lipinski definition) is 16. The second kappa shape index (κ2) is 37.4. The lowest BCUT2D eigenvalue weighted by atomic mass is 10.0. The number of nitrogens with two attached hydrogens (primary N) is 1. The summed E-state index contributed by atoms with van der Waals surface area (Å²) in [6.45, 7) is 4.30. The lowest BCUT2D eigenvalue weighted by molar-refractivity contribution is -0.161. The van der Waals surface area contributed by atoms with Crippen LogP contribution in [0.4, 0.5) is 5.82 Å². The molecule has 19 nitrogen and oxygen atoms in total. The number of hydrogen-bond donors (Lipinski definition) is 6. The molecule has 1 saturated heterocycles. The number of anilines is 1. The highest BCUT2D eigenvalue weighted by Crippen LogP contribution is 2.60. The highest BCUT2D eigenvalue weighted by molar-refractivity contribution is 7.61. The fourth-order valence-corrected chi connectivity index (χ4v) is 9.51. The summed E-state index contributed by atoms with van der Waals surface area (Å²) in [5, 5.41) is 31.0. The van der Waals surface area contributed by atoms with Gasteiger partial charge in [0, 0.05) is 19.0 Å². The van der Waals surface area contributed by atoms with Gasteiger partial charge < -0.3 is 45.1 Å². The number of unbranched alkanes of at least 4 members (excludes halogenated alkanes) is 15. The molecule has 2 unspecified atom stereocenters. The number of aliphatic hydroxyl groups is 3. The molecule has 0 amide bonds. The Balaban J connectivity index is 1.84. The minimum absolute atomic E-state index is 0.0577. The number of allylic oxidation sites excluding steroid dienone is 6. The van der Waals surface area contributed by atoms with Gasteiger partial charge in [-0.1, -0.05) is 159 Å². The average Bonchev–Trinajstić information content (AvgIpc) is 3.59. The minimum Gasteiger partial charge on any atom is -0.462 e. The highest BCUT2D eigenvalue weighted by atomic mass is 31.3. The Labute approximate surface area is 421 Å². The van der Waals surface area contributed by atoms with E-state index in [-0.39, 0.29) is 18.7 Å². The molecule has 8 atom stereocenters. The first-order valence-electron chi connectivity index (χ1n) is 25.6. The number of nitrogens with zero attached hydrogens (tertiary/aromatic N) is 2. The van der Waals surface area contributed by atoms with E-state index in [0.29, 0.717) is 32.1 Å². The molecule has 7 N–H and O–H groups in total. The quantitative estimate of drug-likeness (QED) is 0.0117. The molecule has 0 aliphatic carbocycles. The maximum absolute atomic E-state index is 12.8. The van der Waals surface area contributed by atoms with Crippen LogP contribution in [0.2, 0.25) is 0 Å². The van der Waals surface area contributed by atoms with Gasteiger partial charge >= 0.3 is 33.3 Å². The van der Waals surface area contributed by atoms with Crippen LogP contribution in [0.5, 0.6) is 0 Å². The van der Waals surface area contributed by atoms with Crippen molar-refractivity contribution < 1.29 is 71.4 Å². The van der Waals surface area contributed by atoms with Crippen LogP contribution >= 0.6 is 15.6 Å². The predicted octanol–water partition coefficient (Wildman–Crippen LogP) is 9.38.